The molecule has 0 bridgehead atoms. The van der Waals surface area contributed by atoms with E-state index in [4.69, 9.17) is 0 Å². The van der Waals surface area contributed by atoms with E-state index in [1.807, 2.05) is 26.8 Å². The maximum absolute atomic E-state index is 9.51. The third-order valence-corrected chi connectivity index (χ3v) is 2.32. The van der Waals surface area contributed by atoms with Crippen LogP contribution in [0.2, 0.25) is 0 Å². The van der Waals surface area contributed by atoms with Gasteiger partial charge in [-0.2, -0.15) is 0 Å². The van der Waals surface area contributed by atoms with Crippen molar-refractivity contribution in [1.29, 1.82) is 0 Å². The fraction of sp³-hybridized carbons (Fsp3) is 0.455. The molecule has 77 valence electrons. The maximum Gasteiger partial charge on any atom is 0.121 e. The fourth-order valence-electron chi connectivity index (χ4n) is 1.27. The van der Waals surface area contributed by atoms with Crippen LogP contribution in [0, 0.1) is 27.7 Å². The Bertz CT molecular complexity index is 272. The number of phenols is 1. The van der Waals surface area contributed by atoms with Gasteiger partial charge in [0, 0.05) is 32.7 Å². The van der Waals surface area contributed by atoms with Crippen LogP contribution in [0.4, 0.5) is 4.39 Å². The molecule has 14 heavy (non-hydrogen) atoms. The van der Waals surface area contributed by atoms with E-state index in [9.17, 15) is 9.50 Å². The third-order valence-electron chi connectivity index (χ3n) is 2.32. The van der Waals surface area contributed by atoms with Crippen LogP contribution in [0.25, 0.3) is 0 Å². The second kappa shape index (κ2) is 7.36. The average molecular weight is 273 g/mol. The summed E-state index contributed by atoms with van der Waals surface area (Å²) < 4.78 is 9.50. The van der Waals surface area contributed by atoms with Gasteiger partial charge in [0.25, 0.3) is 0 Å². The number of benzene rings is 1. The number of aryl methyl sites for hydroxylation is 2. The van der Waals surface area contributed by atoms with E-state index in [0.717, 1.165) is 11.1 Å². The van der Waals surface area contributed by atoms with Gasteiger partial charge in [-0.25, -0.2) is 0 Å². The van der Waals surface area contributed by atoms with Crippen molar-refractivity contribution in [2.45, 2.75) is 27.7 Å². The Balaban J connectivity index is 0. The van der Waals surface area contributed by atoms with Crippen LogP contribution in [0.15, 0.2) is 6.07 Å². The minimum absolute atomic E-state index is 0. The van der Waals surface area contributed by atoms with Gasteiger partial charge in [0.2, 0.25) is 0 Å². The van der Waals surface area contributed by atoms with Gasteiger partial charge in [-0.05, 0) is 49.9 Å². The Morgan fingerprint density at radius 1 is 0.929 bits per heavy atom. The Labute approximate surface area is 111 Å². The summed E-state index contributed by atoms with van der Waals surface area (Å²) in [4.78, 5) is 0. The van der Waals surface area contributed by atoms with Crippen molar-refractivity contribution >= 4 is 0 Å². The molecule has 1 radical (unpaired) electrons. The van der Waals surface area contributed by atoms with Crippen LogP contribution in [0.5, 0.6) is 5.75 Å². The van der Waals surface area contributed by atoms with Gasteiger partial charge in [0.15, 0.2) is 0 Å². The van der Waals surface area contributed by atoms with E-state index in [1.165, 1.54) is 11.1 Å². The average Bonchev–Trinajstić information content (AvgIpc) is 2.15. The summed E-state index contributed by atoms with van der Waals surface area (Å²) in [7, 11) is 0.500. The van der Waals surface area contributed by atoms with Crippen LogP contribution in [0.3, 0.4) is 0 Å². The molecule has 0 unspecified atom stereocenters. The van der Waals surface area contributed by atoms with E-state index < -0.39 is 0 Å². The third kappa shape index (κ3) is 3.66. The van der Waals surface area contributed by atoms with Crippen molar-refractivity contribution in [1.82, 2.24) is 0 Å². The van der Waals surface area contributed by atoms with Gasteiger partial charge in [0.1, 0.15) is 5.75 Å². The molecule has 0 fully saturated rings. The quantitative estimate of drug-likeness (QED) is 0.769. The molecule has 0 aliphatic heterocycles. The molecule has 3 heteroatoms. The molecule has 0 amide bonds. The van der Waals surface area contributed by atoms with E-state index >= 15 is 0 Å². The SMILES string of the molecule is CF.Cc1cc(C)c(O)c(C)c1C.[Y]. The molecule has 1 rings (SSSR count). The van der Waals surface area contributed by atoms with Crippen LogP contribution >= 0.6 is 0 Å². The van der Waals surface area contributed by atoms with Crippen molar-refractivity contribution in [3.63, 3.8) is 0 Å². The first-order chi connectivity index (χ1) is 6.04. The van der Waals surface area contributed by atoms with Gasteiger partial charge >= 0.3 is 0 Å². The van der Waals surface area contributed by atoms with E-state index in [-0.39, 0.29) is 32.7 Å². The minimum atomic E-state index is 0. The minimum Gasteiger partial charge on any atom is -0.507 e. The van der Waals surface area contributed by atoms with Gasteiger partial charge in [-0.15, -0.1) is 0 Å². The molecular formula is C11H17FOY. The molecule has 1 nitrogen and oxygen atoms in total. The van der Waals surface area contributed by atoms with Gasteiger partial charge in [0.05, 0.1) is 7.18 Å². The Kier molecular flexibility index (Phi) is 8.66. The van der Waals surface area contributed by atoms with Crippen molar-refractivity contribution in [3.8, 4) is 5.75 Å². The number of aromatic hydroxyl groups is 1. The summed E-state index contributed by atoms with van der Waals surface area (Å²) in [6.45, 7) is 7.97. The van der Waals surface area contributed by atoms with Crippen LogP contribution in [-0.4, -0.2) is 12.3 Å². The number of phenolic OH excluding ortho intramolecular Hbond substituents is 1. The molecule has 0 heterocycles. The Hall–Kier alpha value is 0.0539. The standard InChI is InChI=1S/C10H14O.CH3F.Y/c1-6-5-7(2)10(11)9(4)8(6)3;1-2;/h5,11H,1-4H3;1H3;. The maximum atomic E-state index is 9.51. The molecule has 0 aliphatic carbocycles. The predicted molar refractivity (Wildman–Crippen MR) is 54.1 cm³/mol. The summed E-state index contributed by atoms with van der Waals surface area (Å²) in [6, 6.07) is 2.01. The van der Waals surface area contributed by atoms with Crippen molar-refractivity contribution in [3.05, 3.63) is 28.3 Å². The summed E-state index contributed by atoms with van der Waals surface area (Å²) in [6.07, 6.45) is 0. The summed E-state index contributed by atoms with van der Waals surface area (Å²) in [5.74, 6) is 0.438. The number of hydrogen-bond acceptors (Lipinski definition) is 1. The van der Waals surface area contributed by atoms with Crippen molar-refractivity contribution < 1.29 is 42.2 Å². The first-order valence-corrected chi connectivity index (χ1v) is 4.18. The molecular weight excluding hydrogens is 256 g/mol. The van der Waals surface area contributed by atoms with Crippen LogP contribution in [0.1, 0.15) is 22.3 Å². The predicted octanol–water partition coefficient (Wildman–Crippen LogP) is 3.21. The number of halogens is 1. The fourth-order valence-corrected chi connectivity index (χ4v) is 1.27. The zero-order chi connectivity index (χ0) is 10.6. The van der Waals surface area contributed by atoms with Gasteiger partial charge < -0.3 is 5.11 Å². The van der Waals surface area contributed by atoms with Crippen molar-refractivity contribution in [2.75, 3.05) is 7.18 Å². The zero-order valence-corrected chi connectivity index (χ0v) is 12.3. The summed E-state index contributed by atoms with van der Waals surface area (Å²) in [5, 5.41) is 9.51. The van der Waals surface area contributed by atoms with Crippen LogP contribution in [-0.2, 0) is 32.7 Å². The van der Waals surface area contributed by atoms with Gasteiger partial charge in [-0.1, -0.05) is 6.07 Å². The zero-order valence-electron chi connectivity index (χ0n) is 9.48. The largest absolute Gasteiger partial charge is 0.507 e. The molecule has 0 atom stereocenters. The molecule has 0 saturated carbocycles. The molecule has 0 spiro atoms. The normalized spacial score (nSPS) is 8.43. The number of rotatable bonds is 0. The topological polar surface area (TPSA) is 20.2 Å². The number of alkyl halides is 1. The molecule has 0 aliphatic rings. The second-order valence-electron chi connectivity index (χ2n) is 3.11. The van der Waals surface area contributed by atoms with E-state index in [2.05, 4.69) is 6.92 Å². The second-order valence-corrected chi connectivity index (χ2v) is 3.11. The summed E-state index contributed by atoms with van der Waals surface area (Å²) >= 11 is 0. The molecule has 1 N–H and O–H groups in total. The summed E-state index contributed by atoms with van der Waals surface area (Å²) in [5.41, 5.74) is 4.40. The van der Waals surface area contributed by atoms with E-state index in [1.54, 1.807) is 0 Å². The molecule has 1 aromatic rings. The van der Waals surface area contributed by atoms with Gasteiger partial charge in [-0.3, -0.25) is 4.39 Å². The Morgan fingerprint density at radius 3 is 1.79 bits per heavy atom. The molecule has 1 aromatic carbocycles. The first kappa shape index (κ1) is 16.5. The monoisotopic (exact) mass is 273 g/mol. The first-order valence-electron chi connectivity index (χ1n) is 4.18. The Morgan fingerprint density at radius 2 is 1.36 bits per heavy atom. The molecule has 0 saturated heterocycles. The van der Waals surface area contributed by atoms with Crippen LogP contribution < -0.4 is 0 Å². The van der Waals surface area contributed by atoms with E-state index in [0.29, 0.717) is 12.9 Å². The number of hydrogen-bond donors (Lipinski definition) is 1. The smallest absolute Gasteiger partial charge is 0.121 e. The van der Waals surface area contributed by atoms with Crippen molar-refractivity contribution in [2.24, 2.45) is 0 Å². The molecule has 0 aromatic heterocycles.